The first kappa shape index (κ1) is 19.3. The summed E-state index contributed by atoms with van der Waals surface area (Å²) in [7, 11) is 1.62. The molecule has 2 aromatic rings. The molecule has 0 atom stereocenters. The Hall–Kier alpha value is -3.06. The Kier molecular flexibility index (Phi) is 7.45. The van der Waals surface area contributed by atoms with E-state index in [4.69, 9.17) is 9.47 Å². The van der Waals surface area contributed by atoms with Crippen molar-refractivity contribution >= 4 is 28.9 Å². The van der Waals surface area contributed by atoms with Gasteiger partial charge in [0.1, 0.15) is 12.4 Å². The number of methoxy groups -OCH3 is 1. The predicted octanol–water partition coefficient (Wildman–Crippen LogP) is 2.72. The molecule has 0 radical (unpaired) electrons. The minimum atomic E-state index is -0.189. The number of hydrogen-bond donors (Lipinski definition) is 3. The second-order valence-corrected chi connectivity index (χ2v) is 5.53. The van der Waals surface area contributed by atoms with Crippen LogP contribution in [0.4, 0.5) is 17.1 Å². The number of ether oxygens (including phenoxy) is 2. The lowest BCUT2D eigenvalue weighted by atomic mass is 10.2. The Bertz CT molecular complexity index is 732. The highest BCUT2D eigenvalue weighted by molar-refractivity contribution is 5.95. The highest BCUT2D eigenvalue weighted by Crippen LogP contribution is 2.16. The number of hydrogen-bond acceptors (Lipinski definition) is 5. The number of carbonyl (C=O) groups excluding carboxylic acids is 2. The highest BCUT2D eigenvalue weighted by Gasteiger charge is 2.04. The molecule has 138 valence electrons. The van der Waals surface area contributed by atoms with E-state index in [1.54, 1.807) is 31.4 Å². The van der Waals surface area contributed by atoms with Gasteiger partial charge in [0.25, 0.3) is 0 Å². The van der Waals surface area contributed by atoms with Gasteiger partial charge in [0.15, 0.2) is 0 Å². The molecule has 0 heterocycles. The maximum Gasteiger partial charge on any atom is 0.243 e. The summed E-state index contributed by atoms with van der Waals surface area (Å²) in [5, 5.41) is 8.50. The Morgan fingerprint density at radius 2 is 1.62 bits per heavy atom. The zero-order valence-corrected chi connectivity index (χ0v) is 14.9. The molecule has 0 bridgehead atoms. The van der Waals surface area contributed by atoms with Gasteiger partial charge >= 0.3 is 0 Å². The highest BCUT2D eigenvalue weighted by atomic mass is 16.5. The summed E-state index contributed by atoms with van der Waals surface area (Å²) in [5.41, 5.74) is 2.06. The van der Waals surface area contributed by atoms with Gasteiger partial charge in [0.05, 0.1) is 13.2 Å². The van der Waals surface area contributed by atoms with Crippen LogP contribution in [0.3, 0.4) is 0 Å². The smallest absolute Gasteiger partial charge is 0.243 e. The van der Waals surface area contributed by atoms with Gasteiger partial charge in [0.2, 0.25) is 11.8 Å². The third kappa shape index (κ3) is 6.82. The first-order valence-corrected chi connectivity index (χ1v) is 8.20. The zero-order chi connectivity index (χ0) is 18.8. The van der Waals surface area contributed by atoms with Crippen LogP contribution in [0, 0.1) is 0 Å². The number of benzene rings is 2. The average Bonchev–Trinajstić information content (AvgIpc) is 2.61. The van der Waals surface area contributed by atoms with Crippen LogP contribution >= 0.6 is 0 Å². The van der Waals surface area contributed by atoms with Crippen molar-refractivity contribution in [3.05, 3.63) is 48.5 Å². The van der Waals surface area contributed by atoms with Crippen molar-refractivity contribution in [2.75, 3.05) is 42.8 Å². The van der Waals surface area contributed by atoms with E-state index in [9.17, 15) is 9.59 Å². The first-order chi connectivity index (χ1) is 12.6. The number of carbonyl (C=O) groups is 2. The standard InChI is InChI=1S/C19H23N3O4/c1-14(23)21-16-4-3-5-17(12-16)22-19(24)13-20-15-6-8-18(9-7-15)26-11-10-25-2/h3-9,12,20H,10-11,13H2,1-2H3,(H,21,23)(H,22,24). The third-order valence-corrected chi connectivity index (χ3v) is 3.33. The lowest BCUT2D eigenvalue weighted by Crippen LogP contribution is -2.21. The molecule has 7 nitrogen and oxygen atoms in total. The number of nitrogens with one attached hydrogen (secondary N) is 3. The molecule has 2 amide bonds. The molecule has 0 aliphatic rings. The van der Waals surface area contributed by atoms with Crippen LogP contribution in [0.2, 0.25) is 0 Å². The Balaban J connectivity index is 1.80. The van der Waals surface area contributed by atoms with Gasteiger partial charge in [-0.15, -0.1) is 0 Å². The topological polar surface area (TPSA) is 88.7 Å². The van der Waals surface area contributed by atoms with Crippen LogP contribution in [0.15, 0.2) is 48.5 Å². The molecule has 2 rings (SSSR count). The molecule has 0 aliphatic carbocycles. The van der Waals surface area contributed by atoms with Crippen molar-refractivity contribution < 1.29 is 19.1 Å². The van der Waals surface area contributed by atoms with Gasteiger partial charge in [-0.1, -0.05) is 6.07 Å². The van der Waals surface area contributed by atoms with E-state index in [0.29, 0.717) is 24.6 Å². The normalized spacial score (nSPS) is 10.1. The molecule has 0 aromatic heterocycles. The molecular formula is C19H23N3O4. The van der Waals surface area contributed by atoms with E-state index in [1.165, 1.54) is 6.92 Å². The van der Waals surface area contributed by atoms with E-state index in [-0.39, 0.29) is 18.4 Å². The zero-order valence-electron chi connectivity index (χ0n) is 14.9. The van der Waals surface area contributed by atoms with Crippen LogP contribution in [0.1, 0.15) is 6.92 Å². The predicted molar refractivity (Wildman–Crippen MR) is 102 cm³/mol. The summed E-state index contributed by atoms with van der Waals surface area (Å²) in [5.74, 6) is 0.391. The molecule has 2 aromatic carbocycles. The molecule has 0 saturated carbocycles. The Morgan fingerprint density at radius 3 is 2.27 bits per heavy atom. The lowest BCUT2D eigenvalue weighted by molar-refractivity contribution is -0.115. The van der Waals surface area contributed by atoms with Crippen LogP contribution in [-0.2, 0) is 14.3 Å². The fourth-order valence-electron chi connectivity index (χ4n) is 2.18. The molecule has 0 spiro atoms. The summed E-state index contributed by atoms with van der Waals surface area (Å²) in [6.45, 7) is 2.57. The molecule has 0 fully saturated rings. The quantitative estimate of drug-likeness (QED) is 0.601. The fraction of sp³-hybridized carbons (Fsp3) is 0.263. The van der Waals surface area contributed by atoms with Crippen LogP contribution in [-0.4, -0.2) is 38.7 Å². The van der Waals surface area contributed by atoms with E-state index < -0.39 is 0 Å². The van der Waals surface area contributed by atoms with Crippen molar-refractivity contribution in [1.82, 2.24) is 0 Å². The molecule has 7 heteroatoms. The second kappa shape index (κ2) is 10.0. The fourth-order valence-corrected chi connectivity index (χ4v) is 2.18. The minimum absolute atomic E-state index is 0.119. The van der Waals surface area contributed by atoms with E-state index in [0.717, 1.165) is 11.4 Å². The van der Waals surface area contributed by atoms with Crippen molar-refractivity contribution in [2.24, 2.45) is 0 Å². The monoisotopic (exact) mass is 357 g/mol. The number of anilines is 3. The van der Waals surface area contributed by atoms with Gasteiger partial charge in [0, 0.05) is 31.1 Å². The van der Waals surface area contributed by atoms with Gasteiger partial charge in [-0.25, -0.2) is 0 Å². The van der Waals surface area contributed by atoms with Gasteiger partial charge in [-0.05, 0) is 42.5 Å². The average molecular weight is 357 g/mol. The summed E-state index contributed by atoms with van der Waals surface area (Å²) in [4.78, 5) is 23.1. The molecular weight excluding hydrogens is 334 g/mol. The van der Waals surface area contributed by atoms with Crippen molar-refractivity contribution in [3.8, 4) is 5.75 Å². The molecule has 0 aliphatic heterocycles. The van der Waals surface area contributed by atoms with Gasteiger partial charge in [-0.3, -0.25) is 9.59 Å². The largest absolute Gasteiger partial charge is 0.491 e. The van der Waals surface area contributed by atoms with Gasteiger partial charge in [-0.2, -0.15) is 0 Å². The van der Waals surface area contributed by atoms with Crippen LogP contribution < -0.4 is 20.7 Å². The third-order valence-electron chi connectivity index (χ3n) is 3.33. The number of rotatable bonds is 9. The minimum Gasteiger partial charge on any atom is -0.491 e. The SMILES string of the molecule is COCCOc1ccc(NCC(=O)Nc2cccc(NC(C)=O)c2)cc1. The Labute approximate surface area is 152 Å². The van der Waals surface area contributed by atoms with Crippen molar-refractivity contribution in [3.63, 3.8) is 0 Å². The van der Waals surface area contributed by atoms with Crippen LogP contribution in [0.25, 0.3) is 0 Å². The summed E-state index contributed by atoms with van der Waals surface area (Å²) < 4.78 is 10.4. The summed E-state index contributed by atoms with van der Waals surface area (Å²) in [6.07, 6.45) is 0. The molecule has 0 unspecified atom stereocenters. The molecule has 0 saturated heterocycles. The van der Waals surface area contributed by atoms with Crippen LogP contribution in [0.5, 0.6) is 5.75 Å². The maximum absolute atomic E-state index is 12.1. The summed E-state index contributed by atoms with van der Waals surface area (Å²) in [6, 6.07) is 14.3. The van der Waals surface area contributed by atoms with E-state index in [1.807, 2.05) is 24.3 Å². The lowest BCUT2D eigenvalue weighted by Gasteiger charge is -2.10. The first-order valence-electron chi connectivity index (χ1n) is 8.20. The van der Waals surface area contributed by atoms with Crippen molar-refractivity contribution in [1.29, 1.82) is 0 Å². The second-order valence-electron chi connectivity index (χ2n) is 5.53. The van der Waals surface area contributed by atoms with E-state index >= 15 is 0 Å². The molecule has 3 N–H and O–H groups in total. The Morgan fingerprint density at radius 1 is 0.923 bits per heavy atom. The van der Waals surface area contributed by atoms with Crippen molar-refractivity contribution in [2.45, 2.75) is 6.92 Å². The molecule has 26 heavy (non-hydrogen) atoms. The maximum atomic E-state index is 12.1. The number of amides is 2. The van der Waals surface area contributed by atoms with Gasteiger partial charge < -0.3 is 25.4 Å². The summed E-state index contributed by atoms with van der Waals surface area (Å²) >= 11 is 0. The van der Waals surface area contributed by atoms with E-state index in [2.05, 4.69) is 16.0 Å².